The second-order valence-corrected chi connectivity index (χ2v) is 7.44. The maximum Gasteiger partial charge on any atom is 0.137 e. The first kappa shape index (κ1) is 14.8. The number of rotatable bonds is 3. The van der Waals surface area contributed by atoms with Gasteiger partial charge in [0.2, 0.25) is 0 Å². The summed E-state index contributed by atoms with van der Waals surface area (Å²) < 4.78 is 1.11. The Balaban J connectivity index is 2.17. The van der Waals surface area contributed by atoms with Gasteiger partial charge in [-0.25, -0.2) is 9.97 Å². The highest BCUT2D eigenvalue weighted by Crippen LogP contribution is 2.25. The van der Waals surface area contributed by atoms with Crippen molar-refractivity contribution in [2.24, 2.45) is 0 Å². The van der Waals surface area contributed by atoms with Crippen molar-refractivity contribution >= 4 is 44.7 Å². The van der Waals surface area contributed by atoms with E-state index in [9.17, 15) is 0 Å². The van der Waals surface area contributed by atoms with Crippen LogP contribution in [0.4, 0.5) is 5.82 Å². The number of hydrogen-bond donors (Lipinski definition) is 1. The van der Waals surface area contributed by atoms with Gasteiger partial charge in [0.15, 0.2) is 0 Å². The van der Waals surface area contributed by atoms with E-state index in [0.717, 1.165) is 22.7 Å². The largest absolute Gasteiger partial charge is 0.365 e. The first-order chi connectivity index (χ1) is 8.86. The Bertz CT molecular complexity index is 578. The fraction of sp³-hybridized carbons (Fsp3) is 0.385. The Hall–Kier alpha value is -0.650. The highest BCUT2D eigenvalue weighted by Gasteiger charge is 2.18. The van der Waals surface area contributed by atoms with Gasteiger partial charge in [0.05, 0.1) is 6.54 Å². The maximum atomic E-state index is 6.05. The quantitative estimate of drug-likeness (QED) is 0.794. The van der Waals surface area contributed by atoms with Crippen LogP contribution in [0, 0.1) is 0 Å². The highest BCUT2D eigenvalue weighted by molar-refractivity contribution is 9.10. The van der Waals surface area contributed by atoms with Crippen LogP contribution >= 0.6 is 38.9 Å². The molecule has 0 saturated carbocycles. The monoisotopic (exact) mass is 359 g/mol. The van der Waals surface area contributed by atoms with Crippen molar-refractivity contribution in [3.8, 4) is 0 Å². The molecule has 6 heteroatoms. The summed E-state index contributed by atoms with van der Waals surface area (Å²) in [5, 5.41) is 5.80. The molecule has 0 saturated heterocycles. The first-order valence-corrected chi connectivity index (χ1v) is 7.92. The lowest BCUT2D eigenvalue weighted by molar-refractivity contribution is 0.546. The van der Waals surface area contributed by atoms with Crippen LogP contribution in [0.25, 0.3) is 0 Å². The fourth-order valence-corrected chi connectivity index (χ4v) is 3.08. The van der Waals surface area contributed by atoms with Gasteiger partial charge in [-0.3, -0.25) is 0 Å². The summed E-state index contributed by atoms with van der Waals surface area (Å²) in [4.78, 5) is 10.0. The molecule has 0 unspecified atom stereocenters. The number of thiophene rings is 1. The predicted octanol–water partition coefficient (Wildman–Crippen LogP) is 4.86. The second kappa shape index (κ2) is 5.77. The summed E-state index contributed by atoms with van der Waals surface area (Å²) in [7, 11) is 0. The van der Waals surface area contributed by atoms with Crippen LogP contribution in [0.15, 0.2) is 22.0 Å². The molecule has 0 aromatic carbocycles. The Morgan fingerprint density at radius 1 is 1.37 bits per heavy atom. The number of nitrogens with one attached hydrogen (secondary N) is 1. The smallest absolute Gasteiger partial charge is 0.137 e. The first-order valence-electron chi connectivity index (χ1n) is 5.87. The van der Waals surface area contributed by atoms with Gasteiger partial charge in [-0.2, -0.15) is 0 Å². The molecule has 3 nitrogen and oxygen atoms in total. The minimum atomic E-state index is -0.120. The van der Waals surface area contributed by atoms with E-state index in [1.54, 1.807) is 17.4 Å². The molecule has 0 amide bonds. The van der Waals surface area contributed by atoms with Crippen LogP contribution in [0.1, 0.15) is 31.5 Å². The van der Waals surface area contributed by atoms with Gasteiger partial charge in [-0.15, -0.1) is 11.3 Å². The van der Waals surface area contributed by atoms with Gasteiger partial charge in [-0.05, 0) is 27.4 Å². The molecule has 19 heavy (non-hydrogen) atoms. The fourth-order valence-electron chi connectivity index (χ4n) is 1.47. The molecule has 0 radical (unpaired) electrons. The van der Waals surface area contributed by atoms with Crippen molar-refractivity contribution in [2.75, 3.05) is 5.32 Å². The van der Waals surface area contributed by atoms with E-state index in [0.29, 0.717) is 5.15 Å². The zero-order valence-electron chi connectivity index (χ0n) is 11.0. The lowest BCUT2D eigenvalue weighted by Gasteiger charge is -2.17. The average molecular weight is 361 g/mol. The molecule has 1 N–H and O–H groups in total. The molecule has 0 aliphatic carbocycles. The standard InChI is InChI=1S/C13H15BrClN3S/c1-13(2,3)12-17-10(15)6-11(18-12)16-7-9-8(14)4-5-19-9/h4-6H,7H2,1-3H3,(H,16,17,18). The summed E-state index contributed by atoms with van der Waals surface area (Å²) >= 11 is 11.3. The third kappa shape index (κ3) is 3.91. The molecule has 2 aromatic heterocycles. The molecule has 0 atom stereocenters. The van der Waals surface area contributed by atoms with Crippen molar-refractivity contribution < 1.29 is 0 Å². The molecule has 0 fully saturated rings. The van der Waals surface area contributed by atoms with E-state index in [1.807, 2.05) is 6.07 Å². The van der Waals surface area contributed by atoms with E-state index in [1.165, 1.54) is 4.88 Å². The maximum absolute atomic E-state index is 6.05. The molecule has 102 valence electrons. The minimum absolute atomic E-state index is 0.120. The third-order valence-electron chi connectivity index (χ3n) is 2.49. The molecule has 2 heterocycles. The lowest BCUT2D eigenvalue weighted by atomic mass is 9.96. The normalized spacial score (nSPS) is 11.6. The van der Waals surface area contributed by atoms with Gasteiger partial charge >= 0.3 is 0 Å². The van der Waals surface area contributed by atoms with E-state index >= 15 is 0 Å². The molecule has 0 spiro atoms. The molecular formula is C13H15BrClN3S. The topological polar surface area (TPSA) is 37.8 Å². The van der Waals surface area contributed by atoms with Gasteiger partial charge < -0.3 is 5.32 Å². The summed E-state index contributed by atoms with van der Waals surface area (Å²) in [5.74, 6) is 1.50. The Labute approximate surface area is 130 Å². The van der Waals surface area contributed by atoms with Crippen molar-refractivity contribution in [2.45, 2.75) is 32.7 Å². The van der Waals surface area contributed by atoms with Crippen LogP contribution in [0.2, 0.25) is 5.15 Å². The molecule has 0 bridgehead atoms. The van der Waals surface area contributed by atoms with Crippen molar-refractivity contribution in [1.29, 1.82) is 0 Å². The van der Waals surface area contributed by atoms with Crippen molar-refractivity contribution in [3.05, 3.63) is 37.8 Å². The van der Waals surface area contributed by atoms with Crippen LogP contribution in [-0.2, 0) is 12.0 Å². The molecular weight excluding hydrogens is 346 g/mol. The van der Waals surface area contributed by atoms with Crippen LogP contribution in [0.3, 0.4) is 0 Å². The molecule has 0 aliphatic rings. The Morgan fingerprint density at radius 3 is 2.68 bits per heavy atom. The summed E-state index contributed by atoms with van der Waals surface area (Å²) in [6.07, 6.45) is 0. The zero-order chi connectivity index (χ0) is 14.0. The number of anilines is 1. The lowest BCUT2D eigenvalue weighted by Crippen LogP contribution is -2.17. The Morgan fingerprint density at radius 2 is 2.11 bits per heavy atom. The van der Waals surface area contributed by atoms with E-state index < -0.39 is 0 Å². The number of halogens is 2. The summed E-state index contributed by atoms with van der Waals surface area (Å²) in [5.41, 5.74) is -0.120. The average Bonchev–Trinajstić information content (AvgIpc) is 2.70. The third-order valence-corrected chi connectivity index (χ3v) is 4.61. The van der Waals surface area contributed by atoms with E-state index in [-0.39, 0.29) is 5.41 Å². The summed E-state index contributed by atoms with van der Waals surface area (Å²) in [6.45, 7) is 6.92. The number of aromatic nitrogens is 2. The second-order valence-electron chi connectivity index (χ2n) is 5.19. The van der Waals surface area contributed by atoms with E-state index in [4.69, 9.17) is 11.6 Å². The van der Waals surface area contributed by atoms with E-state index in [2.05, 4.69) is 57.4 Å². The molecule has 2 rings (SSSR count). The zero-order valence-corrected chi connectivity index (χ0v) is 14.2. The highest BCUT2D eigenvalue weighted by atomic mass is 79.9. The summed E-state index contributed by atoms with van der Waals surface area (Å²) in [6, 6.07) is 3.79. The SMILES string of the molecule is CC(C)(C)c1nc(Cl)cc(NCc2sccc2Br)n1. The van der Waals surface area contributed by atoms with Crippen molar-refractivity contribution in [3.63, 3.8) is 0 Å². The Kier molecular flexibility index (Phi) is 4.48. The van der Waals surface area contributed by atoms with Gasteiger partial charge in [-0.1, -0.05) is 32.4 Å². The van der Waals surface area contributed by atoms with Crippen LogP contribution in [-0.4, -0.2) is 9.97 Å². The predicted molar refractivity (Wildman–Crippen MR) is 85.1 cm³/mol. The van der Waals surface area contributed by atoms with Crippen LogP contribution < -0.4 is 5.32 Å². The molecule has 2 aromatic rings. The van der Waals surface area contributed by atoms with Gasteiger partial charge in [0.25, 0.3) is 0 Å². The van der Waals surface area contributed by atoms with Crippen LogP contribution in [0.5, 0.6) is 0 Å². The van der Waals surface area contributed by atoms with Gasteiger partial charge in [0, 0.05) is 20.8 Å². The number of nitrogens with zero attached hydrogens (tertiary/aromatic N) is 2. The van der Waals surface area contributed by atoms with Crippen molar-refractivity contribution in [1.82, 2.24) is 9.97 Å². The molecule has 0 aliphatic heterocycles. The minimum Gasteiger partial charge on any atom is -0.365 e. The number of hydrogen-bond acceptors (Lipinski definition) is 4. The van der Waals surface area contributed by atoms with Gasteiger partial charge in [0.1, 0.15) is 16.8 Å².